The van der Waals surface area contributed by atoms with Crippen LogP contribution in [0, 0.1) is 5.82 Å². The average Bonchev–Trinajstić information content (AvgIpc) is 3.28. The van der Waals surface area contributed by atoms with Crippen molar-refractivity contribution in [2.75, 3.05) is 21.3 Å². The summed E-state index contributed by atoms with van der Waals surface area (Å²) in [7, 11) is 0.699. The molecule has 0 bridgehead atoms. The maximum atomic E-state index is 14.6. The second-order valence-electron chi connectivity index (χ2n) is 7.48. The third-order valence-corrected chi connectivity index (χ3v) is 6.97. The number of hydrogen-bond donors (Lipinski definition) is 1. The van der Waals surface area contributed by atoms with Gasteiger partial charge in [-0.2, -0.15) is 0 Å². The summed E-state index contributed by atoms with van der Waals surface area (Å²) in [5.41, 5.74) is 2.26. The van der Waals surface area contributed by atoms with Crippen LogP contribution in [0.2, 0.25) is 0 Å². The molecule has 1 N–H and O–H groups in total. The maximum Gasteiger partial charge on any atom is 0.268 e. The summed E-state index contributed by atoms with van der Waals surface area (Å²) < 4.78 is 53.7. The molecule has 176 valence electrons. The third kappa shape index (κ3) is 4.40. The van der Waals surface area contributed by atoms with Gasteiger partial charge >= 0.3 is 0 Å². The first-order valence-corrected chi connectivity index (χ1v) is 11.9. The normalized spacial score (nSPS) is 11.4. The van der Waals surface area contributed by atoms with Crippen molar-refractivity contribution in [2.45, 2.75) is 11.4 Å². The molecule has 0 amide bonds. The first-order chi connectivity index (χ1) is 16.4. The highest BCUT2D eigenvalue weighted by Gasteiger charge is 2.24. The Hall–Kier alpha value is -3.69. The average molecular weight is 482 g/mol. The molecule has 34 heavy (non-hydrogen) atoms. The van der Waals surface area contributed by atoms with E-state index in [2.05, 4.69) is 10.3 Å². The van der Waals surface area contributed by atoms with Crippen LogP contribution in [-0.4, -0.2) is 38.6 Å². The number of methoxy groups -OCH3 is 2. The van der Waals surface area contributed by atoms with E-state index in [1.165, 1.54) is 38.6 Å². The number of halogens is 1. The standard InChI is InChI=1S/C25H24FN3O4S/c1-27-15-17-13-23(20-9-4-5-10-21(20)26)29(16-17)34(30,31)19-8-6-7-18(14-19)22-11-12-24(32-2)25(28-22)33-3/h4-14,16,27H,15H2,1-3H3. The molecular weight excluding hydrogens is 457 g/mol. The van der Waals surface area contributed by atoms with Crippen LogP contribution in [0.15, 0.2) is 77.8 Å². The predicted octanol–water partition coefficient (Wildman–Crippen LogP) is 4.33. The minimum atomic E-state index is -4.05. The molecule has 4 rings (SSSR count). The molecule has 2 heterocycles. The highest BCUT2D eigenvalue weighted by atomic mass is 32.2. The molecule has 0 spiro atoms. The summed E-state index contributed by atoms with van der Waals surface area (Å²) in [6.07, 6.45) is 1.51. The van der Waals surface area contributed by atoms with Crippen LogP contribution in [0.25, 0.3) is 22.5 Å². The Morgan fingerprint density at radius 3 is 2.50 bits per heavy atom. The number of nitrogens with zero attached hydrogens (tertiary/aromatic N) is 2. The van der Waals surface area contributed by atoms with Gasteiger partial charge in [0.05, 0.1) is 30.5 Å². The number of nitrogens with one attached hydrogen (secondary N) is 1. The van der Waals surface area contributed by atoms with Gasteiger partial charge in [-0.1, -0.05) is 24.3 Å². The minimum absolute atomic E-state index is 0.0470. The zero-order valence-corrected chi connectivity index (χ0v) is 19.8. The number of pyridine rings is 1. The maximum absolute atomic E-state index is 14.6. The van der Waals surface area contributed by atoms with Crippen molar-refractivity contribution >= 4 is 10.0 Å². The van der Waals surface area contributed by atoms with E-state index in [4.69, 9.17) is 9.47 Å². The van der Waals surface area contributed by atoms with Crippen LogP contribution in [0.3, 0.4) is 0 Å². The molecule has 4 aromatic rings. The predicted molar refractivity (Wildman–Crippen MR) is 128 cm³/mol. The van der Waals surface area contributed by atoms with Crippen LogP contribution in [0.5, 0.6) is 11.6 Å². The molecule has 2 aromatic heterocycles. The Morgan fingerprint density at radius 1 is 1.00 bits per heavy atom. The fourth-order valence-electron chi connectivity index (χ4n) is 3.68. The Kier molecular flexibility index (Phi) is 6.67. The highest BCUT2D eigenvalue weighted by molar-refractivity contribution is 7.90. The molecule has 0 radical (unpaired) electrons. The lowest BCUT2D eigenvalue weighted by atomic mass is 10.1. The molecule has 0 aliphatic heterocycles. The van der Waals surface area contributed by atoms with Crippen molar-refractivity contribution in [3.8, 4) is 34.1 Å². The molecular formula is C25H24FN3O4S. The SMILES string of the molecule is CNCc1cc(-c2ccccc2F)n(S(=O)(=O)c2cccc(-c3ccc(OC)c(OC)n3)c2)c1. The van der Waals surface area contributed by atoms with Crippen molar-refractivity contribution < 1.29 is 22.3 Å². The van der Waals surface area contributed by atoms with Crippen LogP contribution in [0.1, 0.15) is 5.56 Å². The molecule has 0 atom stereocenters. The second kappa shape index (κ2) is 9.66. The van der Waals surface area contributed by atoms with Gasteiger partial charge in [-0.25, -0.2) is 21.8 Å². The second-order valence-corrected chi connectivity index (χ2v) is 9.30. The lowest BCUT2D eigenvalue weighted by Crippen LogP contribution is -2.14. The van der Waals surface area contributed by atoms with E-state index in [0.717, 1.165) is 3.97 Å². The fraction of sp³-hybridized carbons (Fsp3) is 0.160. The Bertz CT molecular complexity index is 1430. The van der Waals surface area contributed by atoms with E-state index in [1.54, 1.807) is 55.6 Å². The van der Waals surface area contributed by atoms with E-state index >= 15 is 0 Å². The van der Waals surface area contributed by atoms with E-state index in [-0.39, 0.29) is 22.0 Å². The van der Waals surface area contributed by atoms with E-state index in [9.17, 15) is 12.8 Å². The third-order valence-electron chi connectivity index (χ3n) is 5.30. The number of aromatic nitrogens is 2. The number of rotatable bonds is 8. The van der Waals surface area contributed by atoms with Gasteiger partial charge in [-0.05, 0) is 55.1 Å². The van der Waals surface area contributed by atoms with Crippen molar-refractivity contribution in [2.24, 2.45) is 0 Å². The van der Waals surface area contributed by atoms with Gasteiger partial charge in [-0.15, -0.1) is 0 Å². The first kappa shape index (κ1) is 23.5. The Balaban J connectivity index is 1.83. The van der Waals surface area contributed by atoms with Crippen molar-refractivity contribution in [3.63, 3.8) is 0 Å². The van der Waals surface area contributed by atoms with Crippen LogP contribution >= 0.6 is 0 Å². The van der Waals surface area contributed by atoms with Crippen LogP contribution in [0.4, 0.5) is 4.39 Å². The summed E-state index contributed by atoms with van der Waals surface area (Å²) in [6.45, 7) is 0.430. The van der Waals surface area contributed by atoms with Gasteiger partial charge in [0.1, 0.15) is 5.82 Å². The zero-order valence-electron chi connectivity index (χ0n) is 18.9. The molecule has 0 saturated carbocycles. The Labute approximate surface area is 197 Å². The summed E-state index contributed by atoms with van der Waals surface area (Å²) in [4.78, 5) is 4.47. The minimum Gasteiger partial charge on any atom is -0.491 e. The van der Waals surface area contributed by atoms with Gasteiger partial charge in [0.2, 0.25) is 0 Å². The molecule has 0 unspecified atom stereocenters. The fourth-order valence-corrected chi connectivity index (χ4v) is 5.12. The van der Waals surface area contributed by atoms with Crippen molar-refractivity contribution in [1.29, 1.82) is 0 Å². The van der Waals surface area contributed by atoms with Gasteiger partial charge in [0.15, 0.2) is 5.75 Å². The molecule has 0 aliphatic carbocycles. The summed E-state index contributed by atoms with van der Waals surface area (Å²) in [5.74, 6) is 0.252. The number of ether oxygens (including phenoxy) is 2. The first-order valence-electron chi connectivity index (χ1n) is 10.4. The summed E-state index contributed by atoms with van der Waals surface area (Å²) in [5, 5.41) is 3.00. The van der Waals surface area contributed by atoms with Gasteiger partial charge in [0.25, 0.3) is 15.9 Å². The van der Waals surface area contributed by atoms with Gasteiger partial charge in [0, 0.05) is 23.9 Å². The molecule has 9 heteroatoms. The molecule has 0 fully saturated rings. The van der Waals surface area contributed by atoms with Gasteiger partial charge < -0.3 is 14.8 Å². The molecule has 0 saturated heterocycles. The highest BCUT2D eigenvalue weighted by Crippen LogP contribution is 2.32. The molecule has 7 nitrogen and oxygen atoms in total. The quantitative estimate of drug-likeness (QED) is 0.403. The zero-order chi connectivity index (χ0) is 24.3. The summed E-state index contributed by atoms with van der Waals surface area (Å²) in [6, 6.07) is 17.6. The summed E-state index contributed by atoms with van der Waals surface area (Å²) >= 11 is 0. The Morgan fingerprint density at radius 2 is 1.79 bits per heavy atom. The van der Waals surface area contributed by atoms with E-state index < -0.39 is 15.8 Å². The molecule has 2 aromatic carbocycles. The smallest absolute Gasteiger partial charge is 0.268 e. The lowest BCUT2D eigenvalue weighted by molar-refractivity contribution is 0.343. The monoisotopic (exact) mass is 481 g/mol. The van der Waals surface area contributed by atoms with Crippen LogP contribution in [-0.2, 0) is 16.6 Å². The van der Waals surface area contributed by atoms with Crippen LogP contribution < -0.4 is 14.8 Å². The van der Waals surface area contributed by atoms with Crippen molar-refractivity contribution in [1.82, 2.24) is 14.3 Å². The molecule has 0 aliphatic rings. The van der Waals surface area contributed by atoms with Gasteiger partial charge in [-0.3, -0.25) is 0 Å². The van der Waals surface area contributed by atoms with E-state index in [0.29, 0.717) is 29.1 Å². The number of benzene rings is 2. The van der Waals surface area contributed by atoms with E-state index in [1.807, 2.05) is 0 Å². The lowest BCUT2D eigenvalue weighted by Gasteiger charge is -2.13. The largest absolute Gasteiger partial charge is 0.491 e. The topological polar surface area (TPSA) is 82.5 Å². The number of hydrogen-bond acceptors (Lipinski definition) is 6. The van der Waals surface area contributed by atoms with Crippen molar-refractivity contribution in [3.05, 3.63) is 84.3 Å².